The fourth-order valence-electron chi connectivity index (χ4n) is 2.31. The van der Waals surface area contributed by atoms with Gasteiger partial charge in [-0.05, 0) is 46.4 Å². The van der Waals surface area contributed by atoms with Crippen LogP contribution in [0.15, 0.2) is 0 Å². The van der Waals surface area contributed by atoms with Crippen molar-refractivity contribution in [2.45, 2.75) is 45.6 Å². The maximum absolute atomic E-state index is 6.45. The van der Waals surface area contributed by atoms with E-state index in [9.17, 15) is 0 Å². The fraction of sp³-hybridized carbons (Fsp3) is 0.800. The zero-order valence-corrected chi connectivity index (χ0v) is 14.3. The zero-order chi connectivity index (χ0) is 15.1. The van der Waals surface area contributed by atoms with Crippen LogP contribution in [0.4, 0.5) is 0 Å². The molecule has 1 aromatic heterocycles. The maximum Gasteiger partial charge on any atom is 0.0850 e. The highest BCUT2D eigenvalue weighted by Gasteiger charge is 2.17. The van der Waals surface area contributed by atoms with E-state index in [2.05, 4.69) is 43.3 Å². The van der Waals surface area contributed by atoms with Crippen LogP contribution in [0.2, 0.25) is 5.02 Å². The Labute approximate surface area is 128 Å². The second kappa shape index (κ2) is 8.65. The summed E-state index contributed by atoms with van der Waals surface area (Å²) in [4.78, 5) is 2.23. The quantitative estimate of drug-likeness (QED) is 0.761. The summed E-state index contributed by atoms with van der Waals surface area (Å²) in [6, 6.07) is 0.454. The predicted octanol–water partition coefficient (Wildman–Crippen LogP) is 2.50. The molecule has 0 aliphatic heterocycles. The lowest BCUT2D eigenvalue weighted by Crippen LogP contribution is -2.35. The minimum absolute atomic E-state index is 0.454. The largest absolute Gasteiger partial charge is 0.314 e. The smallest absolute Gasteiger partial charge is 0.0850 e. The summed E-state index contributed by atoms with van der Waals surface area (Å²) < 4.78 is 1.94. The van der Waals surface area contributed by atoms with Crippen LogP contribution in [-0.4, -0.2) is 47.9 Å². The summed E-state index contributed by atoms with van der Waals surface area (Å²) in [6.45, 7) is 6.42. The van der Waals surface area contributed by atoms with Crippen LogP contribution in [0.5, 0.6) is 0 Å². The number of hydrogen-bond donors (Lipinski definition) is 1. The van der Waals surface area contributed by atoms with Crippen LogP contribution >= 0.6 is 11.6 Å². The van der Waals surface area contributed by atoms with Crippen molar-refractivity contribution >= 4 is 11.6 Å². The Morgan fingerprint density at radius 3 is 2.55 bits per heavy atom. The van der Waals surface area contributed by atoms with Crippen molar-refractivity contribution in [1.82, 2.24) is 20.0 Å². The van der Waals surface area contributed by atoms with Crippen LogP contribution < -0.4 is 5.32 Å². The summed E-state index contributed by atoms with van der Waals surface area (Å²) in [5.41, 5.74) is 2.15. The Bertz CT molecular complexity index is 401. The summed E-state index contributed by atoms with van der Waals surface area (Å²) in [7, 11) is 6.22. The third-order valence-corrected chi connectivity index (χ3v) is 3.99. The average molecular weight is 301 g/mol. The molecule has 1 heterocycles. The lowest BCUT2D eigenvalue weighted by Gasteiger charge is -2.21. The van der Waals surface area contributed by atoms with Gasteiger partial charge in [-0.25, -0.2) is 0 Å². The molecule has 0 aliphatic rings. The highest BCUT2D eigenvalue weighted by Crippen LogP contribution is 2.22. The van der Waals surface area contributed by atoms with Gasteiger partial charge in [-0.15, -0.1) is 0 Å². The lowest BCUT2D eigenvalue weighted by molar-refractivity contribution is 0.354. The lowest BCUT2D eigenvalue weighted by atomic mass is 10.1. The van der Waals surface area contributed by atoms with Crippen LogP contribution in [0.25, 0.3) is 0 Å². The normalized spacial score (nSPS) is 13.2. The number of hydrogen-bond acceptors (Lipinski definition) is 3. The molecule has 0 aliphatic carbocycles. The highest BCUT2D eigenvalue weighted by molar-refractivity contribution is 6.31. The van der Waals surface area contributed by atoms with Gasteiger partial charge in [-0.3, -0.25) is 4.68 Å². The van der Waals surface area contributed by atoms with Gasteiger partial charge in [-0.2, -0.15) is 5.10 Å². The molecule has 1 atom stereocenters. The number of aromatic nitrogens is 2. The van der Waals surface area contributed by atoms with E-state index in [1.807, 2.05) is 11.7 Å². The van der Waals surface area contributed by atoms with Crippen molar-refractivity contribution in [1.29, 1.82) is 0 Å². The third kappa shape index (κ3) is 5.08. The zero-order valence-electron chi connectivity index (χ0n) is 13.5. The minimum atomic E-state index is 0.454. The molecule has 1 unspecified atom stereocenters. The Morgan fingerprint density at radius 1 is 1.35 bits per heavy atom. The number of nitrogens with zero attached hydrogens (tertiary/aromatic N) is 3. The van der Waals surface area contributed by atoms with Gasteiger partial charge < -0.3 is 10.2 Å². The number of aryl methyl sites for hydroxylation is 2. The van der Waals surface area contributed by atoms with Gasteiger partial charge in [0, 0.05) is 19.5 Å². The molecule has 5 heteroatoms. The first-order valence-electron chi connectivity index (χ1n) is 7.57. The second-order valence-corrected chi connectivity index (χ2v) is 6.01. The maximum atomic E-state index is 6.45. The molecule has 116 valence electrons. The number of halogens is 1. The van der Waals surface area contributed by atoms with Gasteiger partial charge in [0.1, 0.15) is 0 Å². The Morgan fingerprint density at radius 2 is 2.05 bits per heavy atom. The van der Waals surface area contributed by atoms with Gasteiger partial charge in [0.05, 0.1) is 16.4 Å². The third-order valence-electron chi connectivity index (χ3n) is 3.55. The van der Waals surface area contributed by atoms with E-state index in [1.54, 1.807) is 0 Å². The summed E-state index contributed by atoms with van der Waals surface area (Å²) in [5.74, 6) is 0. The van der Waals surface area contributed by atoms with Gasteiger partial charge in [0.15, 0.2) is 0 Å². The summed E-state index contributed by atoms with van der Waals surface area (Å²) >= 11 is 6.45. The van der Waals surface area contributed by atoms with Gasteiger partial charge in [0.2, 0.25) is 0 Å². The Balaban J connectivity index is 2.74. The van der Waals surface area contributed by atoms with Crippen LogP contribution in [0.3, 0.4) is 0 Å². The molecule has 0 bridgehead atoms. The van der Waals surface area contributed by atoms with Crippen molar-refractivity contribution in [2.24, 2.45) is 7.05 Å². The highest BCUT2D eigenvalue weighted by atomic mass is 35.5. The first-order chi connectivity index (χ1) is 9.49. The molecular weight excluding hydrogens is 272 g/mol. The topological polar surface area (TPSA) is 33.1 Å². The van der Waals surface area contributed by atoms with E-state index in [4.69, 9.17) is 11.6 Å². The van der Waals surface area contributed by atoms with Gasteiger partial charge in [-0.1, -0.05) is 25.4 Å². The fourth-order valence-corrected chi connectivity index (χ4v) is 2.68. The van der Waals surface area contributed by atoms with Crippen LogP contribution in [0.1, 0.15) is 38.1 Å². The van der Waals surface area contributed by atoms with E-state index in [1.165, 1.54) is 0 Å². The van der Waals surface area contributed by atoms with Crippen LogP contribution in [0, 0.1) is 0 Å². The standard InChI is InChI=1S/C15H29ClN4/c1-6-9-17-12(8-10-19(3)4)11-14-15(16)13(7-2)18-20(14)5/h12,17H,6-11H2,1-5H3. The second-order valence-electron chi connectivity index (χ2n) is 5.63. The predicted molar refractivity (Wildman–Crippen MR) is 86.6 cm³/mol. The molecule has 20 heavy (non-hydrogen) atoms. The molecule has 1 N–H and O–H groups in total. The van der Waals surface area contributed by atoms with E-state index >= 15 is 0 Å². The molecule has 0 saturated heterocycles. The molecule has 0 fully saturated rings. The monoisotopic (exact) mass is 300 g/mol. The Kier molecular flexibility index (Phi) is 7.56. The Hall–Kier alpha value is -0.580. The van der Waals surface area contributed by atoms with Gasteiger partial charge >= 0.3 is 0 Å². The minimum Gasteiger partial charge on any atom is -0.314 e. The van der Waals surface area contributed by atoms with Crippen LogP contribution in [-0.2, 0) is 19.9 Å². The first kappa shape index (κ1) is 17.5. The number of rotatable bonds is 9. The molecule has 0 amide bonds. The van der Waals surface area contributed by atoms with E-state index < -0.39 is 0 Å². The molecule has 0 radical (unpaired) electrons. The number of nitrogens with one attached hydrogen (secondary N) is 1. The molecule has 0 saturated carbocycles. The van der Waals surface area contributed by atoms with Crippen molar-refractivity contribution < 1.29 is 0 Å². The van der Waals surface area contributed by atoms with Crippen molar-refractivity contribution in [3.05, 3.63) is 16.4 Å². The summed E-state index contributed by atoms with van der Waals surface area (Å²) in [6.07, 6.45) is 4.10. The molecule has 4 nitrogen and oxygen atoms in total. The molecule has 0 aromatic carbocycles. The van der Waals surface area contributed by atoms with Crippen molar-refractivity contribution in [2.75, 3.05) is 27.2 Å². The summed E-state index contributed by atoms with van der Waals surface area (Å²) in [5, 5.41) is 8.98. The van der Waals surface area contributed by atoms with E-state index in [-0.39, 0.29) is 0 Å². The molecular formula is C15H29ClN4. The average Bonchev–Trinajstić information content (AvgIpc) is 2.68. The van der Waals surface area contributed by atoms with Crippen molar-refractivity contribution in [3.8, 4) is 0 Å². The SMILES string of the molecule is CCCNC(CCN(C)C)Cc1c(Cl)c(CC)nn1C. The first-order valence-corrected chi connectivity index (χ1v) is 7.95. The molecule has 0 spiro atoms. The van der Waals surface area contributed by atoms with E-state index in [0.29, 0.717) is 6.04 Å². The van der Waals surface area contributed by atoms with Gasteiger partial charge in [0.25, 0.3) is 0 Å². The van der Waals surface area contributed by atoms with Crippen molar-refractivity contribution in [3.63, 3.8) is 0 Å². The molecule has 1 rings (SSSR count). The molecule has 1 aromatic rings. The van der Waals surface area contributed by atoms with E-state index in [0.717, 1.165) is 55.2 Å².